The first-order chi connectivity index (χ1) is 6.20. The van der Waals surface area contributed by atoms with Crippen LogP contribution in [0, 0.1) is 0 Å². The molecule has 0 aliphatic rings. The average molecular weight is 216 g/mol. The van der Waals surface area contributed by atoms with Crippen LogP contribution >= 0.6 is 23.8 Å². The molecule has 0 aromatic carbocycles. The summed E-state index contributed by atoms with van der Waals surface area (Å²) in [7, 11) is 0. The van der Waals surface area contributed by atoms with Crippen LogP contribution in [-0.2, 0) is 0 Å². The van der Waals surface area contributed by atoms with Gasteiger partial charge in [-0.1, -0.05) is 16.7 Å². The fraction of sp³-hybridized carbons (Fsp3) is 0.333. The van der Waals surface area contributed by atoms with Gasteiger partial charge in [-0.05, 0) is 11.5 Å². The molecule has 0 saturated carbocycles. The van der Waals surface area contributed by atoms with Crippen molar-refractivity contribution in [3.8, 4) is 0 Å². The summed E-state index contributed by atoms with van der Waals surface area (Å²) in [5.41, 5.74) is 5.26. The summed E-state index contributed by atoms with van der Waals surface area (Å²) in [6.45, 7) is 0.450. The molecule has 3 N–H and O–H groups in total. The lowest BCUT2D eigenvalue weighted by atomic mass is 10.4. The van der Waals surface area contributed by atoms with Crippen molar-refractivity contribution < 1.29 is 4.79 Å². The van der Waals surface area contributed by atoms with E-state index in [0.717, 1.165) is 11.5 Å². The predicted molar refractivity (Wildman–Crippen MR) is 53.6 cm³/mol. The van der Waals surface area contributed by atoms with Crippen LogP contribution in [0.3, 0.4) is 0 Å². The van der Waals surface area contributed by atoms with Crippen molar-refractivity contribution in [1.82, 2.24) is 14.9 Å². The van der Waals surface area contributed by atoms with Gasteiger partial charge in [0.15, 0.2) is 0 Å². The number of carbonyl (C=O) groups is 1. The summed E-state index contributed by atoms with van der Waals surface area (Å²) >= 11 is 5.70. The number of nitrogens with zero attached hydrogens (tertiary/aromatic N) is 2. The Bertz CT molecular complexity index is 298. The minimum atomic E-state index is -0.189. The third-order valence-electron chi connectivity index (χ3n) is 1.24. The zero-order valence-corrected chi connectivity index (χ0v) is 8.32. The molecule has 1 rings (SSSR count). The molecule has 1 heterocycles. The Morgan fingerprint density at radius 1 is 1.77 bits per heavy atom. The second-order valence-corrected chi connectivity index (χ2v) is 3.56. The lowest BCUT2D eigenvalue weighted by Crippen LogP contribution is -2.26. The number of amides is 1. The van der Waals surface area contributed by atoms with Crippen LogP contribution in [0.5, 0.6) is 0 Å². The summed E-state index contributed by atoms with van der Waals surface area (Å²) in [6.07, 6.45) is 1.92. The van der Waals surface area contributed by atoms with E-state index in [-0.39, 0.29) is 5.91 Å². The van der Waals surface area contributed by atoms with Gasteiger partial charge in [-0.2, -0.15) is 0 Å². The number of nitrogens with one attached hydrogen (secondary N) is 1. The molecule has 1 amide bonds. The lowest BCUT2D eigenvalue weighted by Gasteiger charge is -2.00. The van der Waals surface area contributed by atoms with Crippen LogP contribution in [0.1, 0.15) is 16.1 Å². The Kier molecular flexibility index (Phi) is 3.71. The molecule has 1 aromatic rings. The van der Waals surface area contributed by atoms with E-state index < -0.39 is 0 Å². The highest BCUT2D eigenvalue weighted by molar-refractivity contribution is 7.80. The van der Waals surface area contributed by atoms with Gasteiger partial charge in [0.25, 0.3) is 5.91 Å². The van der Waals surface area contributed by atoms with Crippen molar-refractivity contribution in [3.63, 3.8) is 0 Å². The number of hydrogen-bond acceptors (Lipinski definition) is 5. The minimum Gasteiger partial charge on any atom is -0.393 e. The minimum absolute atomic E-state index is 0.189. The van der Waals surface area contributed by atoms with Gasteiger partial charge in [0.1, 0.15) is 4.88 Å². The second kappa shape index (κ2) is 4.83. The van der Waals surface area contributed by atoms with Gasteiger partial charge in [0.2, 0.25) is 0 Å². The third-order valence-corrected chi connectivity index (χ3v) is 2.11. The second-order valence-electron chi connectivity index (χ2n) is 2.25. The van der Waals surface area contributed by atoms with E-state index in [1.807, 2.05) is 0 Å². The van der Waals surface area contributed by atoms with Gasteiger partial charge in [0.05, 0.1) is 11.2 Å². The molecule has 0 fully saturated rings. The normalized spacial score (nSPS) is 9.54. The van der Waals surface area contributed by atoms with Crippen molar-refractivity contribution in [2.75, 3.05) is 6.54 Å². The Morgan fingerprint density at radius 2 is 2.54 bits per heavy atom. The average Bonchev–Trinajstić information content (AvgIpc) is 2.55. The molecule has 0 radical (unpaired) electrons. The molecule has 13 heavy (non-hydrogen) atoms. The molecule has 70 valence electrons. The van der Waals surface area contributed by atoms with Crippen LogP contribution in [0.15, 0.2) is 6.20 Å². The van der Waals surface area contributed by atoms with Gasteiger partial charge in [-0.3, -0.25) is 4.79 Å². The van der Waals surface area contributed by atoms with Crippen LogP contribution in [-0.4, -0.2) is 27.0 Å². The van der Waals surface area contributed by atoms with Crippen LogP contribution in [0.25, 0.3) is 0 Å². The monoisotopic (exact) mass is 216 g/mol. The summed E-state index contributed by atoms with van der Waals surface area (Å²) < 4.78 is 3.57. The zero-order chi connectivity index (χ0) is 9.68. The van der Waals surface area contributed by atoms with Crippen LogP contribution < -0.4 is 11.1 Å². The fourth-order valence-electron chi connectivity index (χ4n) is 0.654. The zero-order valence-electron chi connectivity index (χ0n) is 6.69. The standard InChI is InChI=1S/C6H8N4OS2/c7-5(12)1-2-8-6(11)4-3-9-10-13-4/h3H,1-2H2,(H2,7,12)(H,8,11). The number of aromatic nitrogens is 2. The summed E-state index contributed by atoms with van der Waals surface area (Å²) in [6, 6.07) is 0. The number of hydrogen-bond donors (Lipinski definition) is 2. The number of nitrogens with two attached hydrogens (primary N) is 1. The predicted octanol–water partition coefficient (Wildman–Crippen LogP) is -0.0559. The fourth-order valence-corrected chi connectivity index (χ4v) is 1.19. The molecule has 1 aromatic heterocycles. The van der Waals surface area contributed by atoms with E-state index in [0.29, 0.717) is 22.8 Å². The topological polar surface area (TPSA) is 80.9 Å². The van der Waals surface area contributed by atoms with Crippen LogP contribution in [0.2, 0.25) is 0 Å². The molecule has 5 nitrogen and oxygen atoms in total. The molecule has 7 heteroatoms. The molecule has 0 unspecified atom stereocenters. The third kappa shape index (κ3) is 3.43. The van der Waals surface area contributed by atoms with Crippen molar-refractivity contribution in [2.45, 2.75) is 6.42 Å². The van der Waals surface area contributed by atoms with E-state index in [1.54, 1.807) is 0 Å². The highest BCUT2D eigenvalue weighted by Gasteiger charge is 2.06. The first-order valence-electron chi connectivity index (χ1n) is 3.54. The molecule has 0 spiro atoms. The summed E-state index contributed by atoms with van der Waals surface area (Å²) in [5.74, 6) is -0.189. The number of carbonyl (C=O) groups excluding carboxylic acids is 1. The molecular formula is C6H8N4OS2. The molecule has 0 aliphatic carbocycles. The van der Waals surface area contributed by atoms with Crippen molar-refractivity contribution in [3.05, 3.63) is 11.1 Å². The van der Waals surface area contributed by atoms with Gasteiger partial charge >= 0.3 is 0 Å². The Morgan fingerprint density at radius 3 is 3.08 bits per heavy atom. The van der Waals surface area contributed by atoms with Gasteiger partial charge in [-0.15, -0.1) is 5.10 Å². The van der Waals surface area contributed by atoms with E-state index in [4.69, 9.17) is 5.73 Å². The van der Waals surface area contributed by atoms with Crippen molar-refractivity contribution in [2.24, 2.45) is 5.73 Å². The van der Waals surface area contributed by atoms with Gasteiger partial charge in [0, 0.05) is 13.0 Å². The maximum Gasteiger partial charge on any atom is 0.264 e. The number of thiocarbonyl (C=S) groups is 1. The summed E-state index contributed by atoms with van der Waals surface area (Å²) in [4.78, 5) is 12.1. The Hall–Kier alpha value is -1.08. The van der Waals surface area contributed by atoms with Crippen molar-refractivity contribution in [1.29, 1.82) is 0 Å². The highest BCUT2D eigenvalue weighted by atomic mass is 32.1. The molecule has 0 atom stereocenters. The van der Waals surface area contributed by atoms with Crippen molar-refractivity contribution >= 4 is 34.6 Å². The maximum absolute atomic E-state index is 11.2. The summed E-state index contributed by atoms with van der Waals surface area (Å²) in [5, 5.41) is 6.18. The SMILES string of the molecule is NC(=S)CCNC(=O)c1cnns1. The van der Waals surface area contributed by atoms with E-state index in [9.17, 15) is 4.79 Å². The highest BCUT2D eigenvalue weighted by Crippen LogP contribution is 2.00. The first-order valence-corrected chi connectivity index (χ1v) is 4.72. The van der Waals surface area contributed by atoms with Gasteiger partial charge < -0.3 is 11.1 Å². The van der Waals surface area contributed by atoms with E-state index in [1.165, 1.54) is 6.20 Å². The van der Waals surface area contributed by atoms with E-state index >= 15 is 0 Å². The Balaban J connectivity index is 2.31. The first kappa shape index (κ1) is 10.0. The smallest absolute Gasteiger partial charge is 0.264 e. The number of rotatable bonds is 4. The lowest BCUT2D eigenvalue weighted by molar-refractivity contribution is 0.0958. The maximum atomic E-state index is 11.2. The molecular weight excluding hydrogens is 208 g/mol. The Labute approximate surface area is 84.5 Å². The largest absolute Gasteiger partial charge is 0.393 e. The van der Waals surface area contributed by atoms with Gasteiger partial charge in [-0.25, -0.2) is 0 Å². The van der Waals surface area contributed by atoms with Crippen LogP contribution in [0.4, 0.5) is 0 Å². The molecule has 0 bridgehead atoms. The molecule has 0 saturated heterocycles. The molecule has 0 aliphatic heterocycles. The quantitative estimate of drug-likeness (QED) is 0.689. The van der Waals surface area contributed by atoms with E-state index in [2.05, 4.69) is 27.1 Å².